The normalized spacial score (nSPS) is 11.3. The number of anilines is 3. The molecule has 8 aromatic carbocycles. The minimum atomic E-state index is 1.07. The third kappa shape index (κ3) is 5.10. The van der Waals surface area contributed by atoms with Crippen LogP contribution in [0.15, 0.2) is 188 Å². The zero-order valence-electron chi connectivity index (χ0n) is 27.8. The lowest BCUT2D eigenvalue weighted by atomic mass is 9.81. The second-order valence-corrected chi connectivity index (χ2v) is 12.9. The number of rotatable bonds is 6. The van der Waals surface area contributed by atoms with E-state index in [1.54, 1.807) is 0 Å². The molecule has 0 fully saturated rings. The fraction of sp³-hybridized carbons (Fsp3) is 0.0208. The largest absolute Gasteiger partial charge is 0.310 e. The number of pyridine rings is 1. The Morgan fingerprint density at radius 3 is 1.64 bits per heavy atom. The molecule has 0 atom stereocenters. The minimum Gasteiger partial charge on any atom is -0.310 e. The summed E-state index contributed by atoms with van der Waals surface area (Å²) in [6, 6.07) is 63.8. The molecule has 0 unspecified atom stereocenters. The Balaban J connectivity index is 1.46. The topological polar surface area (TPSA) is 16.1 Å². The first-order valence-corrected chi connectivity index (χ1v) is 17.1. The molecule has 236 valence electrons. The van der Waals surface area contributed by atoms with E-state index < -0.39 is 0 Å². The zero-order chi connectivity index (χ0) is 33.4. The number of nitrogens with zero attached hydrogens (tertiary/aromatic N) is 2. The van der Waals surface area contributed by atoms with Gasteiger partial charge in [-0.2, -0.15) is 0 Å². The number of aromatic nitrogens is 1. The molecule has 0 radical (unpaired) electrons. The van der Waals surface area contributed by atoms with E-state index in [-0.39, 0.29) is 0 Å². The quantitative estimate of drug-likeness (QED) is 0.169. The van der Waals surface area contributed by atoms with Crippen LogP contribution in [0.3, 0.4) is 0 Å². The lowest BCUT2D eigenvalue weighted by Gasteiger charge is -2.27. The summed E-state index contributed by atoms with van der Waals surface area (Å²) >= 11 is 0. The average molecular weight is 639 g/mol. The van der Waals surface area contributed by atoms with E-state index >= 15 is 0 Å². The maximum atomic E-state index is 4.34. The first kappa shape index (κ1) is 29.6. The van der Waals surface area contributed by atoms with Gasteiger partial charge >= 0.3 is 0 Å². The van der Waals surface area contributed by atoms with Crippen molar-refractivity contribution in [2.24, 2.45) is 0 Å². The van der Waals surface area contributed by atoms with Gasteiger partial charge in [0.15, 0.2) is 0 Å². The molecule has 0 aliphatic heterocycles. The molecule has 0 amide bonds. The summed E-state index contributed by atoms with van der Waals surface area (Å²) in [5.41, 5.74) is 11.8. The van der Waals surface area contributed by atoms with Crippen LogP contribution in [0.4, 0.5) is 17.1 Å². The summed E-state index contributed by atoms with van der Waals surface area (Å²) in [4.78, 5) is 6.67. The summed E-state index contributed by atoms with van der Waals surface area (Å²) in [7, 11) is 0. The van der Waals surface area contributed by atoms with Crippen LogP contribution in [0.1, 0.15) is 5.56 Å². The first-order chi connectivity index (χ1) is 24.7. The van der Waals surface area contributed by atoms with Crippen molar-refractivity contribution < 1.29 is 0 Å². The highest BCUT2D eigenvalue weighted by atomic mass is 15.1. The zero-order valence-corrected chi connectivity index (χ0v) is 27.8. The Morgan fingerprint density at radius 1 is 0.380 bits per heavy atom. The fourth-order valence-electron chi connectivity index (χ4n) is 7.58. The molecule has 2 nitrogen and oxygen atoms in total. The SMILES string of the molecule is Cc1cccc(N(c2ccncc2)c2ccc3c(c2)c2ccccc2c2c(-c4ccccc4)cc(-c4ccccc4)c(-c4ccccc4)c32)c1. The van der Waals surface area contributed by atoms with Crippen molar-refractivity contribution in [3.05, 3.63) is 194 Å². The van der Waals surface area contributed by atoms with Gasteiger partial charge in [-0.25, -0.2) is 0 Å². The van der Waals surface area contributed by atoms with Crippen LogP contribution in [0.2, 0.25) is 0 Å². The van der Waals surface area contributed by atoms with Gasteiger partial charge in [0.1, 0.15) is 0 Å². The van der Waals surface area contributed by atoms with Crippen LogP contribution in [-0.2, 0) is 0 Å². The average Bonchev–Trinajstić information content (AvgIpc) is 3.19. The van der Waals surface area contributed by atoms with Gasteiger partial charge < -0.3 is 4.90 Å². The van der Waals surface area contributed by atoms with E-state index in [0.29, 0.717) is 0 Å². The third-order valence-corrected chi connectivity index (χ3v) is 9.76. The molecule has 9 aromatic rings. The predicted molar refractivity (Wildman–Crippen MR) is 212 cm³/mol. The summed E-state index contributed by atoms with van der Waals surface area (Å²) in [6.07, 6.45) is 3.73. The molecule has 0 aliphatic rings. The monoisotopic (exact) mass is 638 g/mol. The van der Waals surface area contributed by atoms with Gasteiger partial charge in [-0.05, 0) is 121 Å². The molecule has 9 rings (SSSR count). The molecular formula is C48H34N2. The van der Waals surface area contributed by atoms with Gasteiger partial charge in [0.05, 0.1) is 0 Å². The van der Waals surface area contributed by atoms with Crippen molar-refractivity contribution in [1.82, 2.24) is 4.98 Å². The van der Waals surface area contributed by atoms with Crippen molar-refractivity contribution in [2.75, 3.05) is 4.90 Å². The maximum absolute atomic E-state index is 4.34. The highest BCUT2D eigenvalue weighted by Gasteiger charge is 2.22. The number of hydrogen-bond donors (Lipinski definition) is 0. The minimum absolute atomic E-state index is 1.07. The molecule has 2 heteroatoms. The smallest absolute Gasteiger partial charge is 0.0492 e. The predicted octanol–water partition coefficient (Wildman–Crippen LogP) is 13.3. The van der Waals surface area contributed by atoms with Crippen LogP contribution in [-0.4, -0.2) is 4.98 Å². The van der Waals surface area contributed by atoms with E-state index in [9.17, 15) is 0 Å². The van der Waals surface area contributed by atoms with Crippen molar-refractivity contribution in [2.45, 2.75) is 6.92 Å². The van der Waals surface area contributed by atoms with Gasteiger partial charge in [-0.3, -0.25) is 4.98 Å². The molecule has 1 heterocycles. The highest BCUT2D eigenvalue weighted by Crippen LogP contribution is 2.50. The van der Waals surface area contributed by atoms with E-state index in [4.69, 9.17) is 0 Å². The first-order valence-electron chi connectivity index (χ1n) is 17.1. The molecule has 0 saturated carbocycles. The fourth-order valence-corrected chi connectivity index (χ4v) is 7.58. The van der Waals surface area contributed by atoms with Gasteiger partial charge in [-0.1, -0.05) is 133 Å². The van der Waals surface area contributed by atoms with Gasteiger partial charge in [-0.15, -0.1) is 0 Å². The van der Waals surface area contributed by atoms with E-state index in [2.05, 4.69) is 193 Å². The summed E-state index contributed by atoms with van der Waals surface area (Å²) < 4.78 is 0. The van der Waals surface area contributed by atoms with E-state index in [1.807, 2.05) is 12.4 Å². The maximum Gasteiger partial charge on any atom is 0.0492 e. The summed E-state index contributed by atoms with van der Waals surface area (Å²) in [6.45, 7) is 2.15. The second-order valence-electron chi connectivity index (χ2n) is 12.9. The molecule has 0 aliphatic carbocycles. The number of benzene rings is 8. The molecule has 0 bridgehead atoms. The van der Waals surface area contributed by atoms with Crippen LogP contribution < -0.4 is 4.90 Å². The van der Waals surface area contributed by atoms with Crippen molar-refractivity contribution in [3.8, 4) is 33.4 Å². The van der Waals surface area contributed by atoms with Crippen LogP contribution in [0, 0.1) is 6.92 Å². The lowest BCUT2D eigenvalue weighted by Crippen LogP contribution is -2.10. The van der Waals surface area contributed by atoms with Crippen molar-refractivity contribution >= 4 is 49.4 Å². The van der Waals surface area contributed by atoms with Gasteiger partial charge in [0.2, 0.25) is 0 Å². The van der Waals surface area contributed by atoms with Crippen molar-refractivity contribution in [1.29, 1.82) is 0 Å². The molecule has 0 spiro atoms. The van der Waals surface area contributed by atoms with E-state index in [0.717, 1.165) is 17.1 Å². The lowest BCUT2D eigenvalue weighted by molar-refractivity contribution is 1.24. The Morgan fingerprint density at radius 2 is 0.960 bits per heavy atom. The number of hydrogen-bond acceptors (Lipinski definition) is 2. The van der Waals surface area contributed by atoms with Gasteiger partial charge in [0.25, 0.3) is 0 Å². The van der Waals surface area contributed by atoms with Crippen molar-refractivity contribution in [3.63, 3.8) is 0 Å². The molecular weight excluding hydrogens is 605 g/mol. The van der Waals surface area contributed by atoms with Crippen LogP contribution in [0.5, 0.6) is 0 Å². The highest BCUT2D eigenvalue weighted by molar-refractivity contribution is 6.33. The standard InChI is InChI=1S/C48H34N2/c1-33-14-13-21-38(30-33)50(37-26-28-49-29-27-37)39-24-25-42-45(31-39)40-22-11-12-23-41(40)47-44(35-17-7-3-8-18-35)32-43(34-15-5-2-6-16-34)46(48(42)47)36-19-9-4-10-20-36/h2-32H,1H3. The number of aryl methyl sites for hydroxylation is 1. The van der Waals surface area contributed by atoms with E-state index in [1.165, 1.54) is 71.3 Å². The molecule has 1 aromatic heterocycles. The van der Waals surface area contributed by atoms with Gasteiger partial charge in [0, 0.05) is 29.5 Å². The molecule has 0 saturated heterocycles. The Hall–Kier alpha value is -6.51. The molecule has 50 heavy (non-hydrogen) atoms. The van der Waals surface area contributed by atoms with Crippen LogP contribution in [0.25, 0.3) is 65.7 Å². The summed E-state index contributed by atoms with van der Waals surface area (Å²) in [5, 5.41) is 7.47. The number of fused-ring (bicyclic) bond motifs is 6. The Kier molecular flexibility index (Phi) is 7.40. The van der Waals surface area contributed by atoms with Crippen LogP contribution >= 0.6 is 0 Å². The Bertz CT molecular complexity index is 2630. The summed E-state index contributed by atoms with van der Waals surface area (Å²) in [5.74, 6) is 0. The Labute approximate surface area is 292 Å². The molecule has 0 N–H and O–H groups in total. The second kappa shape index (κ2) is 12.5. The third-order valence-electron chi connectivity index (χ3n) is 9.76.